The highest BCUT2D eigenvalue weighted by atomic mass is 127. The number of halogens is 2. The lowest BCUT2D eigenvalue weighted by Crippen LogP contribution is -2.29. The molecule has 0 aliphatic rings. The van der Waals surface area contributed by atoms with Crippen molar-refractivity contribution < 1.29 is 14.0 Å². The van der Waals surface area contributed by atoms with Crippen molar-refractivity contribution in [2.75, 3.05) is 12.2 Å². The number of hydrogen-bond acceptors (Lipinski definition) is 3. The number of anilines is 1. The molecule has 2 aromatic rings. The van der Waals surface area contributed by atoms with E-state index in [2.05, 4.69) is 0 Å². The first-order valence-corrected chi connectivity index (χ1v) is 6.45. The van der Waals surface area contributed by atoms with Crippen molar-refractivity contribution in [3.63, 3.8) is 0 Å². The van der Waals surface area contributed by atoms with Crippen LogP contribution in [-0.2, 0) is 4.84 Å². The highest BCUT2D eigenvalue weighted by Crippen LogP contribution is 2.22. The first-order chi connectivity index (χ1) is 8.63. The van der Waals surface area contributed by atoms with Gasteiger partial charge in [0.2, 0.25) is 0 Å². The molecule has 18 heavy (non-hydrogen) atoms. The van der Waals surface area contributed by atoms with Gasteiger partial charge >= 0.3 is 0 Å². The Hall–Kier alpha value is -1.05. The Morgan fingerprint density at radius 3 is 2.50 bits per heavy atom. The van der Waals surface area contributed by atoms with Gasteiger partial charge in [0.05, 0.1) is 21.9 Å². The predicted molar refractivity (Wildman–Crippen MR) is 76.7 cm³/mol. The number of benzene rings is 1. The van der Waals surface area contributed by atoms with E-state index >= 15 is 0 Å². The lowest BCUT2D eigenvalue weighted by atomic mass is 10.2. The molecule has 0 saturated carbocycles. The lowest BCUT2D eigenvalue weighted by molar-refractivity contribution is 0.0772. The monoisotopic (exact) mass is 377 g/mol. The number of amides is 1. The second-order valence-electron chi connectivity index (χ2n) is 3.39. The van der Waals surface area contributed by atoms with E-state index in [-0.39, 0.29) is 5.91 Å². The number of nitrogens with zero attached hydrogens (tertiary/aromatic N) is 1. The summed E-state index contributed by atoms with van der Waals surface area (Å²) < 4.78 is 5.71. The number of carbonyl (C=O) groups excluding carboxylic acids is 1. The zero-order valence-corrected chi connectivity index (χ0v) is 12.3. The fourth-order valence-electron chi connectivity index (χ4n) is 1.43. The van der Waals surface area contributed by atoms with E-state index in [4.69, 9.17) is 20.9 Å². The van der Waals surface area contributed by atoms with Crippen LogP contribution in [0.3, 0.4) is 0 Å². The van der Waals surface area contributed by atoms with Crippen molar-refractivity contribution in [3.05, 3.63) is 50.9 Å². The van der Waals surface area contributed by atoms with E-state index in [0.717, 1.165) is 3.57 Å². The third kappa shape index (κ3) is 2.68. The van der Waals surface area contributed by atoms with E-state index in [1.807, 2.05) is 22.6 Å². The van der Waals surface area contributed by atoms with Crippen LogP contribution in [0.1, 0.15) is 10.4 Å². The SMILES string of the molecule is CON(C(=O)c1cocc1I)c1ccc(Cl)cc1. The van der Waals surface area contributed by atoms with E-state index in [9.17, 15) is 4.79 Å². The second kappa shape index (κ2) is 5.73. The van der Waals surface area contributed by atoms with Crippen LogP contribution < -0.4 is 5.06 Å². The molecule has 0 radical (unpaired) electrons. The van der Waals surface area contributed by atoms with Crippen LogP contribution in [0.4, 0.5) is 5.69 Å². The minimum atomic E-state index is -0.294. The molecule has 0 atom stereocenters. The maximum absolute atomic E-state index is 12.2. The molecule has 0 unspecified atom stereocenters. The summed E-state index contributed by atoms with van der Waals surface area (Å²) >= 11 is 7.83. The van der Waals surface area contributed by atoms with Crippen molar-refractivity contribution >= 4 is 45.8 Å². The molecule has 4 nitrogen and oxygen atoms in total. The maximum atomic E-state index is 12.2. The van der Waals surface area contributed by atoms with Gasteiger partial charge in [-0.15, -0.1) is 0 Å². The largest absolute Gasteiger partial charge is 0.471 e. The van der Waals surface area contributed by atoms with Crippen LogP contribution in [0.5, 0.6) is 0 Å². The van der Waals surface area contributed by atoms with Gasteiger partial charge in [-0.2, -0.15) is 5.06 Å². The first-order valence-electron chi connectivity index (χ1n) is 4.99. The van der Waals surface area contributed by atoms with Gasteiger partial charge in [0.1, 0.15) is 12.5 Å². The Morgan fingerprint density at radius 2 is 2.00 bits per heavy atom. The molecule has 1 heterocycles. The number of carbonyl (C=O) groups is 1. The van der Waals surface area contributed by atoms with Crippen LogP contribution in [-0.4, -0.2) is 13.0 Å². The van der Waals surface area contributed by atoms with Gasteiger partial charge < -0.3 is 4.42 Å². The lowest BCUT2D eigenvalue weighted by Gasteiger charge is -2.19. The van der Waals surface area contributed by atoms with Crippen molar-refractivity contribution in [1.29, 1.82) is 0 Å². The first kappa shape index (κ1) is 13.4. The topological polar surface area (TPSA) is 42.7 Å². The second-order valence-corrected chi connectivity index (χ2v) is 4.99. The quantitative estimate of drug-likeness (QED) is 0.604. The minimum Gasteiger partial charge on any atom is -0.471 e. The van der Waals surface area contributed by atoms with Crippen LogP contribution in [0.15, 0.2) is 41.2 Å². The zero-order valence-electron chi connectivity index (χ0n) is 9.39. The third-order valence-electron chi connectivity index (χ3n) is 2.27. The molecule has 0 fully saturated rings. The zero-order chi connectivity index (χ0) is 13.1. The summed E-state index contributed by atoms with van der Waals surface area (Å²) in [4.78, 5) is 17.4. The fourth-order valence-corrected chi connectivity index (χ4v) is 2.06. The molecule has 0 N–H and O–H groups in total. The summed E-state index contributed by atoms with van der Waals surface area (Å²) in [5, 5.41) is 1.78. The Labute approximate surface area is 123 Å². The van der Waals surface area contributed by atoms with Gasteiger partial charge in [-0.1, -0.05) is 11.6 Å². The van der Waals surface area contributed by atoms with Crippen molar-refractivity contribution in [2.24, 2.45) is 0 Å². The standard InChI is InChI=1S/C12H9ClINO3/c1-17-15(9-4-2-8(13)3-5-9)12(16)10-6-18-7-11(10)14/h2-7H,1H3. The third-order valence-corrected chi connectivity index (χ3v) is 3.36. The summed E-state index contributed by atoms with van der Waals surface area (Å²) in [6.45, 7) is 0. The molecule has 94 valence electrons. The number of hydrogen-bond donors (Lipinski definition) is 0. The molecule has 0 saturated heterocycles. The molecule has 0 bridgehead atoms. The Kier molecular flexibility index (Phi) is 4.26. The molecule has 2 rings (SSSR count). The normalized spacial score (nSPS) is 10.4. The van der Waals surface area contributed by atoms with Crippen LogP contribution in [0.25, 0.3) is 0 Å². The minimum absolute atomic E-state index is 0.294. The average Bonchev–Trinajstić information content (AvgIpc) is 2.78. The smallest absolute Gasteiger partial charge is 0.286 e. The van der Waals surface area contributed by atoms with Gasteiger partial charge in [-0.3, -0.25) is 9.63 Å². The van der Waals surface area contributed by atoms with Gasteiger partial charge in [-0.05, 0) is 46.9 Å². The van der Waals surface area contributed by atoms with Crippen LogP contribution >= 0.6 is 34.2 Å². The van der Waals surface area contributed by atoms with Gasteiger partial charge in [-0.25, -0.2) is 0 Å². The van der Waals surface area contributed by atoms with Gasteiger partial charge in [0.25, 0.3) is 5.91 Å². The molecule has 1 aromatic carbocycles. The molecule has 0 spiro atoms. The van der Waals surface area contributed by atoms with Gasteiger partial charge in [0, 0.05) is 5.02 Å². The number of furan rings is 1. The molecular formula is C12H9ClINO3. The van der Waals surface area contributed by atoms with Crippen LogP contribution in [0.2, 0.25) is 5.02 Å². The van der Waals surface area contributed by atoms with E-state index < -0.39 is 0 Å². The van der Waals surface area contributed by atoms with Crippen LogP contribution in [0, 0.1) is 3.57 Å². The molecular weight excluding hydrogens is 368 g/mol. The number of hydroxylamine groups is 1. The average molecular weight is 378 g/mol. The Morgan fingerprint density at radius 1 is 1.33 bits per heavy atom. The number of rotatable bonds is 3. The Bertz CT molecular complexity index is 553. The van der Waals surface area contributed by atoms with Gasteiger partial charge in [0.15, 0.2) is 0 Å². The maximum Gasteiger partial charge on any atom is 0.286 e. The molecule has 1 amide bonds. The highest BCUT2D eigenvalue weighted by Gasteiger charge is 2.21. The van der Waals surface area contributed by atoms with Crippen molar-refractivity contribution in [3.8, 4) is 0 Å². The summed E-state index contributed by atoms with van der Waals surface area (Å²) in [5.41, 5.74) is 1.05. The summed E-state index contributed by atoms with van der Waals surface area (Å²) in [6, 6.07) is 6.79. The molecule has 6 heteroatoms. The summed E-state index contributed by atoms with van der Waals surface area (Å²) in [7, 11) is 1.43. The summed E-state index contributed by atoms with van der Waals surface area (Å²) in [6.07, 6.45) is 2.90. The Balaban J connectivity index is 2.32. The van der Waals surface area contributed by atoms with E-state index in [0.29, 0.717) is 16.3 Å². The van der Waals surface area contributed by atoms with Crippen molar-refractivity contribution in [1.82, 2.24) is 0 Å². The fraction of sp³-hybridized carbons (Fsp3) is 0.0833. The summed E-state index contributed by atoms with van der Waals surface area (Å²) in [5.74, 6) is -0.294. The molecule has 0 aliphatic heterocycles. The predicted octanol–water partition coefficient (Wildman–Crippen LogP) is 3.75. The van der Waals surface area contributed by atoms with Crippen molar-refractivity contribution in [2.45, 2.75) is 0 Å². The molecule has 1 aromatic heterocycles. The van der Waals surface area contributed by atoms with E-state index in [1.54, 1.807) is 24.3 Å². The van der Waals surface area contributed by atoms with E-state index in [1.165, 1.54) is 24.7 Å². The highest BCUT2D eigenvalue weighted by molar-refractivity contribution is 14.1. The molecule has 0 aliphatic carbocycles.